The molecule has 1 atom stereocenters. The summed E-state index contributed by atoms with van der Waals surface area (Å²) in [6.07, 6.45) is 0.690. The zero-order valence-electron chi connectivity index (χ0n) is 10.2. The average molecular weight is 311 g/mol. The number of anilines is 2. The van der Waals surface area contributed by atoms with Crippen molar-refractivity contribution in [3.63, 3.8) is 0 Å². The fourth-order valence-electron chi connectivity index (χ4n) is 1.70. The number of carbonyl (C=O) groups is 1. The second-order valence-corrected chi connectivity index (χ2v) is 6.50. The van der Waals surface area contributed by atoms with Gasteiger partial charge in [-0.3, -0.25) is 4.79 Å². The molecule has 0 radical (unpaired) electrons. The van der Waals surface area contributed by atoms with Gasteiger partial charge in [0.25, 0.3) is 0 Å². The molecule has 0 saturated carbocycles. The molecule has 0 amide bonds. The van der Waals surface area contributed by atoms with Gasteiger partial charge in [-0.15, -0.1) is 10.2 Å². The van der Waals surface area contributed by atoms with Gasteiger partial charge in [-0.1, -0.05) is 29.2 Å². The zero-order valence-corrected chi connectivity index (χ0v) is 11.8. The van der Waals surface area contributed by atoms with E-state index in [4.69, 9.17) is 4.74 Å². The van der Waals surface area contributed by atoms with Crippen LogP contribution < -0.4 is 5.32 Å². The third-order valence-electron chi connectivity index (χ3n) is 2.61. The van der Waals surface area contributed by atoms with Crippen LogP contribution in [0.3, 0.4) is 0 Å². The molecule has 1 fully saturated rings. The number of carbonyl (C=O) groups excluding carboxylic acids is 1. The number of rotatable bonds is 4. The van der Waals surface area contributed by atoms with Crippen molar-refractivity contribution in [3.8, 4) is 0 Å². The van der Waals surface area contributed by atoms with Crippen LogP contribution in [0.4, 0.5) is 15.2 Å². The first-order chi connectivity index (χ1) is 9.70. The van der Waals surface area contributed by atoms with Crippen molar-refractivity contribution in [2.24, 2.45) is 0 Å². The van der Waals surface area contributed by atoms with E-state index in [0.29, 0.717) is 28.2 Å². The molecule has 1 saturated heterocycles. The molecule has 3 rings (SSSR count). The van der Waals surface area contributed by atoms with Crippen LogP contribution in [0, 0.1) is 5.82 Å². The Hall–Kier alpha value is -1.67. The Balaban J connectivity index is 1.66. The number of ether oxygens (including phenoxy) is 1. The molecule has 0 bridgehead atoms. The van der Waals surface area contributed by atoms with Gasteiger partial charge in [0.2, 0.25) is 5.13 Å². The Morgan fingerprint density at radius 3 is 3.10 bits per heavy atom. The van der Waals surface area contributed by atoms with Crippen molar-refractivity contribution < 1.29 is 13.9 Å². The number of aromatic nitrogens is 2. The minimum Gasteiger partial charge on any atom is -0.465 e. The lowest BCUT2D eigenvalue weighted by molar-refractivity contribution is -0.137. The van der Waals surface area contributed by atoms with Gasteiger partial charge in [0, 0.05) is 12.1 Å². The van der Waals surface area contributed by atoms with Crippen LogP contribution in [0.1, 0.15) is 6.42 Å². The molecular formula is C12H10FN3O2S2. The number of hydrogen-bond acceptors (Lipinski definition) is 7. The van der Waals surface area contributed by atoms with E-state index < -0.39 is 0 Å². The van der Waals surface area contributed by atoms with Crippen molar-refractivity contribution in [1.29, 1.82) is 0 Å². The van der Waals surface area contributed by atoms with E-state index in [2.05, 4.69) is 15.5 Å². The molecule has 1 aliphatic rings. The zero-order chi connectivity index (χ0) is 13.9. The first-order valence-electron chi connectivity index (χ1n) is 5.90. The highest BCUT2D eigenvalue weighted by Crippen LogP contribution is 2.33. The molecule has 1 aromatic heterocycles. The lowest BCUT2D eigenvalue weighted by Crippen LogP contribution is -2.08. The standard InChI is InChI=1S/C12H10FN3O2S2/c13-7-2-1-3-8(6-7)14-11-15-16-12(20-11)19-9-4-5-18-10(9)17/h1-3,6,9H,4-5H2,(H,14,15). The summed E-state index contributed by atoms with van der Waals surface area (Å²) in [6.45, 7) is 0.462. The van der Waals surface area contributed by atoms with Gasteiger partial charge in [0.1, 0.15) is 11.1 Å². The normalized spacial score (nSPS) is 18.1. The summed E-state index contributed by atoms with van der Waals surface area (Å²) in [5.41, 5.74) is 0.609. The van der Waals surface area contributed by atoms with Crippen LogP contribution in [0.25, 0.3) is 0 Å². The van der Waals surface area contributed by atoms with E-state index in [1.165, 1.54) is 35.2 Å². The molecule has 1 aromatic carbocycles. The van der Waals surface area contributed by atoms with Gasteiger partial charge in [-0.2, -0.15) is 0 Å². The van der Waals surface area contributed by atoms with E-state index in [1.54, 1.807) is 12.1 Å². The highest BCUT2D eigenvalue weighted by atomic mass is 32.2. The fraction of sp³-hybridized carbons (Fsp3) is 0.250. The van der Waals surface area contributed by atoms with Gasteiger partial charge >= 0.3 is 5.97 Å². The fourth-order valence-corrected chi connectivity index (χ4v) is 3.69. The van der Waals surface area contributed by atoms with E-state index in [1.807, 2.05) is 0 Å². The number of nitrogens with zero attached hydrogens (tertiary/aromatic N) is 2. The molecule has 104 valence electrons. The monoisotopic (exact) mass is 311 g/mol. The maximum Gasteiger partial charge on any atom is 0.319 e. The molecule has 5 nitrogen and oxygen atoms in total. The Labute approximate surface area is 122 Å². The number of benzene rings is 1. The van der Waals surface area contributed by atoms with Crippen LogP contribution >= 0.6 is 23.1 Å². The van der Waals surface area contributed by atoms with Gasteiger partial charge in [0.15, 0.2) is 4.34 Å². The lowest BCUT2D eigenvalue weighted by Gasteiger charge is -2.01. The first-order valence-corrected chi connectivity index (χ1v) is 7.60. The third-order valence-corrected chi connectivity index (χ3v) is 4.78. The van der Waals surface area contributed by atoms with E-state index in [9.17, 15) is 9.18 Å². The number of halogens is 1. The number of cyclic esters (lactones) is 1. The second kappa shape index (κ2) is 5.76. The Kier molecular flexibility index (Phi) is 3.83. The highest BCUT2D eigenvalue weighted by molar-refractivity contribution is 8.02. The third kappa shape index (κ3) is 3.07. The molecule has 2 heterocycles. The predicted molar refractivity (Wildman–Crippen MR) is 74.8 cm³/mol. The van der Waals surface area contributed by atoms with Crippen LogP contribution in [-0.2, 0) is 9.53 Å². The largest absolute Gasteiger partial charge is 0.465 e. The summed E-state index contributed by atoms with van der Waals surface area (Å²) >= 11 is 2.67. The maximum absolute atomic E-state index is 13.1. The molecule has 1 aliphatic heterocycles. The molecule has 0 aliphatic carbocycles. The SMILES string of the molecule is O=C1OCCC1Sc1nnc(Nc2cccc(F)c2)s1. The Morgan fingerprint density at radius 1 is 1.45 bits per heavy atom. The number of nitrogens with one attached hydrogen (secondary N) is 1. The molecular weight excluding hydrogens is 301 g/mol. The van der Waals surface area contributed by atoms with E-state index in [-0.39, 0.29) is 17.0 Å². The second-order valence-electron chi connectivity index (χ2n) is 4.07. The smallest absolute Gasteiger partial charge is 0.319 e. The van der Waals surface area contributed by atoms with Crippen molar-refractivity contribution >= 4 is 39.9 Å². The Bertz CT molecular complexity index is 635. The number of thioether (sulfide) groups is 1. The van der Waals surface area contributed by atoms with Crippen LogP contribution in [0.15, 0.2) is 28.6 Å². The quantitative estimate of drug-likeness (QED) is 0.876. The van der Waals surface area contributed by atoms with Crippen molar-refractivity contribution in [1.82, 2.24) is 10.2 Å². The van der Waals surface area contributed by atoms with E-state index in [0.717, 1.165) is 0 Å². The molecule has 1 unspecified atom stereocenters. The van der Waals surface area contributed by atoms with Crippen LogP contribution in [-0.4, -0.2) is 28.0 Å². The summed E-state index contributed by atoms with van der Waals surface area (Å²) in [4.78, 5) is 11.4. The molecule has 1 N–H and O–H groups in total. The van der Waals surface area contributed by atoms with E-state index >= 15 is 0 Å². The summed E-state index contributed by atoms with van der Waals surface area (Å²) in [5.74, 6) is -0.521. The summed E-state index contributed by atoms with van der Waals surface area (Å²) in [7, 11) is 0. The first kappa shape index (κ1) is 13.3. The van der Waals surface area contributed by atoms with Gasteiger partial charge in [0.05, 0.1) is 6.61 Å². The van der Waals surface area contributed by atoms with Crippen LogP contribution in [0.2, 0.25) is 0 Å². The summed E-state index contributed by atoms with van der Waals surface area (Å²) in [5, 5.41) is 11.3. The predicted octanol–water partition coefficient (Wildman–Crippen LogP) is 2.83. The average Bonchev–Trinajstić information content (AvgIpc) is 3.01. The van der Waals surface area contributed by atoms with Gasteiger partial charge < -0.3 is 10.1 Å². The van der Waals surface area contributed by atoms with Gasteiger partial charge in [-0.05, 0) is 18.2 Å². The molecule has 20 heavy (non-hydrogen) atoms. The number of esters is 1. The minimum atomic E-state index is -0.317. The Morgan fingerprint density at radius 2 is 2.35 bits per heavy atom. The molecule has 0 spiro atoms. The topological polar surface area (TPSA) is 64.1 Å². The summed E-state index contributed by atoms with van der Waals surface area (Å²) < 4.78 is 18.6. The van der Waals surface area contributed by atoms with Crippen molar-refractivity contribution in [2.75, 3.05) is 11.9 Å². The van der Waals surface area contributed by atoms with Crippen LogP contribution in [0.5, 0.6) is 0 Å². The molecule has 2 aromatic rings. The lowest BCUT2D eigenvalue weighted by atomic mass is 10.3. The maximum atomic E-state index is 13.1. The van der Waals surface area contributed by atoms with Crippen molar-refractivity contribution in [3.05, 3.63) is 30.1 Å². The van der Waals surface area contributed by atoms with Crippen molar-refractivity contribution in [2.45, 2.75) is 16.0 Å². The highest BCUT2D eigenvalue weighted by Gasteiger charge is 2.28. The van der Waals surface area contributed by atoms with Gasteiger partial charge in [-0.25, -0.2) is 4.39 Å². The summed E-state index contributed by atoms with van der Waals surface area (Å²) in [6, 6.07) is 6.11. The minimum absolute atomic E-state index is 0.204. The number of hydrogen-bond donors (Lipinski definition) is 1. The molecule has 8 heteroatoms.